The highest BCUT2D eigenvalue weighted by atomic mass is 127. The van der Waals surface area contributed by atoms with Crippen LogP contribution in [0, 0.1) is 3.57 Å². The number of likely N-dealkylation sites (N-methyl/N-ethyl adjacent to an activating group) is 2. The van der Waals surface area contributed by atoms with E-state index in [1.165, 1.54) is 0 Å². The molecule has 5 nitrogen and oxygen atoms in total. The van der Waals surface area contributed by atoms with E-state index in [9.17, 15) is 4.79 Å². The predicted octanol–water partition coefficient (Wildman–Crippen LogP) is 2.02. The molecule has 1 amide bonds. The van der Waals surface area contributed by atoms with Gasteiger partial charge in [0.25, 0.3) is 5.91 Å². The molecule has 0 spiro atoms. The number of halogens is 2. The summed E-state index contributed by atoms with van der Waals surface area (Å²) in [6.45, 7) is 1.41. The number of nitrogens with zero attached hydrogens (tertiary/aromatic N) is 1. The lowest BCUT2D eigenvalue weighted by Gasteiger charge is -2.19. The monoisotopic (exact) mass is 414 g/mol. The van der Waals surface area contributed by atoms with Crippen LogP contribution in [0.1, 0.15) is 10.4 Å². The number of benzene rings is 1. The SMILES string of the molecule is CNCCN(C)C(=O)c1cc(OC)c(OC)cc1I.Cl. The largest absolute Gasteiger partial charge is 0.493 e. The summed E-state index contributed by atoms with van der Waals surface area (Å²) in [7, 11) is 6.78. The Morgan fingerprint density at radius 1 is 1.30 bits per heavy atom. The second kappa shape index (κ2) is 9.25. The van der Waals surface area contributed by atoms with Crippen molar-refractivity contribution in [1.29, 1.82) is 0 Å². The Labute approximate surface area is 139 Å². The Kier molecular flexibility index (Phi) is 8.91. The number of ether oxygens (including phenoxy) is 2. The fraction of sp³-hybridized carbons (Fsp3) is 0.462. The average Bonchev–Trinajstić information content (AvgIpc) is 2.43. The smallest absolute Gasteiger partial charge is 0.254 e. The zero-order valence-electron chi connectivity index (χ0n) is 12.0. The van der Waals surface area contributed by atoms with Crippen LogP contribution in [0.5, 0.6) is 11.5 Å². The topological polar surface area (TPSA) is 50.8 Å². The van der Waals surface area contributed by atoms with Crippen molar-refractivity contribution in [2.75, 3.05) is 41.4 Å². The van der Waals surface area contributed by atoms with Gasteiger partial charge in [-0.1, -0.05) is 0 Å². The van der Waals surface area contributed by atoms with Crippen molar-refractivity contribution in [3.8, 4) is 11.5 Å². The van der Waals surface area contributed by atoms with E-state index in [0.717, 1.165) is 10.1 Å². The van der Waals surface area contributed by atoms with E-state index < -0.39 is 0 Å². The summed E-state index contributed by atoms with van der Waals surface area (Å²) in [5.41, 5.74) is 0.622. The molecule has 0 saturated heterocycles. The molecule has 0 heterocycles. The van der Waals surface area contributed by atoms with Crippen molar-refractivity contribution in [3.05, 3.63) is 21.3 Å². The van der Waals surface area contributed by atoms with Gasteiger partial charge in [0, 0.05) is 23.7 Å². The van der Waals surface area contributed by atoms with Crippen LogP contribution in [0.2, 0.25) is 0 Å². The molecule has 20 heavy (non-hydrogen) atoms. The van der Waals surface area contributed by atoms with Gasteiger partial charge in [0.1, 0.15) is 0 Å². The lowest BCUT2D eigenvalue weighted by atomic mass is 10.1. The molecule has 114 valence electrons. The van der Waals surface area contributed by atoms with Crippen molar-refractivity contribution >= 4 is 40.9 Å². The van der Waals surface area contributed by atoms with E-state index in [1.807, 2.05) is 7.05 Å². The molecule has 0 aliphatic carbocycles. The highest BCUT2D eigenvalue weighted by molar-refractivity contribution is 14.1. The maximum absolute atomic E-state index is 12.3. The van der Waals surface area contributed by atoms with Gasteiger partial charge in [0.05, 0.1) is 19.8 Å². The van der Waals surface area contributed by atoms with E-state index >= 15 is 0 Å². The number of nitrogens with one attached hydrogen (secondary N) is 1. The van der Waals surface area contributed by atoms with Gasteiger partial charge in [0.2, 0.25) is 0 Å². The molecule has 0 saturated carbocycles. The summed E-state index contributed by atoms with van der Waals surface area (Å²) in [5, 5.41) is 3.02. The van der Waals surface area contributed by atoms with Gasteiger partial charge in [-0.25, -0.2) is 0 Å². The van der Waals surface area contributed by atoms with Crippen LogP contribution in [0.3, 0.4) is 0 Å². The molecule has 0 bridgehead atoms. The molecule has 0 aliphatic heterocycles. The highest BCUT2D eigenvalue weighted by Crippen LogP contribution is 2.31. The second-order valence-corrected chi connectivity index (χ2v) is 5.18. The summed E-state index contributed by atoms with van der Waals surface area (Å²) in [5.74, 6) is 1.16. The lowest BCUT2D eigenvalue weighted by Crippen LogP contribution is -2.33. The summed E-state index contributed by atoms with van der Waals surface area (Å²) in [6, 6.07) is 3.53. The van der Waals surface area contributed by atoms with Crippen molar-refractivity contribution < 1.29 is 14.3 Å². The summed E-state index contributed by atoms with van der Waals surface area (Å²) in [4.78, 5) is 14.0. The Morgan fingerprint density at radius 2 is 1.85 bits per heavy atom. The minimum atomic E-state index is -0.0272. The van der Waals surface area contributed by atoms with E-state index in [1.54, 1.807) is 38.3 Å². The Balaban J connectivity index is 0.00000361. The first kappa shape index (κ1) is 19.3. The number of methoxy groups -OCH3 is 2. The first-order chi connectivity index (χ1) is 9.04. The van der Waals surface area contributed by atoms with Crippen LogP contribution in [0.4, 0.5) is 0 Å². The van der Waals surface area contributed by atoms with Crippen LogP contribution >= 0.6 is 35.0 Å². The minimum Gasteiger partial charge on any atom is -0.493 e. The zero-order chi connectivity index (χ0) is 14.4. The summed E-state index contributed by atoms with van der Waals surface area (Å²) < 4.78 is 11.3. The standard InChI is InChI=1S/C13H19IN2O3.ClH/c1-15-5-6-16(2)13(17)9-7-11(18-3)12(19-4)8-10(9)14;/h7-8,15H,5-6H2,1-4H3;1H. The minimum absolute atomic E-state index is 0. The lowest BCUT2D eigenvalue weighted by molar-refractivity contribution is 0.0795. The predicted molar refractivity (Wildman–Crippen MR) is 90.4 cm³/mol. The van der Waals surface area contributed by atoms with E-state index in [4.69, 9.17) is 9.47 Å². The fourth-order valence-corrected chi connectivity index (χ4v) is 2.27. The van der Waals surface area contributed by atoms with Gasteiger partial charge >= 0.3 is 0 Å². The van der Waals surface area contributed by atoms with Crippen LogP contribution in [-0.4, -0.2) is 52.2 Å². The molecule has 1 rings (SSSR count). The number of hydrogen-bond acceptors (Lipinski definition) is 4. The number of rotatable bonds is 6. The van der Waals surface area contributed by atoms with Gasteiger partial charge in [-0.2, -0.15) is 0 Å². The molecule has 1 aromatic carbocycles. The van der Waals surface area contributed by atoms with Gasteiger partial charge < -0.3 is 19.7 Å². The fourth-order valence-electron chi connectivity index (χ4n) is 1.60. The van der Waals surface area contributed by atoms with Gasteiger partial charge in [-0.15, -0.1) is 12.4 Å². The Morgan fingerprint density at radius 3 is 2.35 bits per heavy atom. The van der Waals surface area contributed by atoms with Crippen molar-refractivity contribution in [3.63, 3.8) is 0 Å². The first-order valence-corrected chi connectivity index (χ1v) is 6.94. The third-order valence-corrected chi connectivity index (χ3v) is 3.64. The molecular weight excluding hydrogens is 395 g/mol. The molecule has 1 N–H and O–H groups in total. The zero-order valence-corrected chi connectivity index (χ0v) is 15.0. The molecule has 0 aliphatic rings. The van der Waals surface area contributed by atoms with Gasteiger partial charge in [-0.05, 0) is 41.8 Å². The van der Waals surface area contributed by atoms with Crippen LogP contribution < -0.4 is 14.8 Å². The molecule has 0 aromatic heterocycles. The van der Waals surface area contributed by atoms with E-state index in [-0.39, 0.29) is 18.3 Å². The molecule has 0 radical (unpaired) electrons. The number of amides is 1. The van der Waals surface area contributed by atoms with Crippen molar-refractivity contribution in [1.82, 2.24) is 10.2 Å². The van der Waals surface area contributed by atoms with Crippen molar-refractivity contribution in [2.24, 2.45) is 0 Å². The van der Waals surface area contributed by atoms with E-state index in [0.29, 0.717) is 23.6 Å². The van der Waals surface area contributed by atoms with Gasteiger partial charge in [0.15, 0.2) is 11.5 Å². The molecule has 0 atom stereocenters. The average molecular weight is 415 g/mol. The molecule has 0 fully saturated rings. The Hall–Kier alpha value is -0.730. The van der Waals surface area contributed by atoms with Crippen LogP contribution in [-0.2, 0) is 0 Å². The molecular formula is C13H20ClIN2O3. The van der Waals surface area contributed by atoms with Crippen LogP contribution in [0.25, 0.3) is 0 Å². The summed E-state index contributed by atoms with van der Waals surface area (Å²) >= 11 is 2.13. The van der Waals surface area contributed by atoms with Crippen molar-refractivity contribution in [2.45, 2.75) is 0 Å². The number of carbonyl (C=O) groups is 1. The summed E-state index contributed by atoms with van der Waals surface area (Å²) in [6.07, 6.45) is 0. The molecule has 7 heteroatoms. The molecule has 0 unspecified atom stereocenters. The van der Waals surface area contributed by atoms with Gasteiger partial charge in [-0.3, -0.25) is 4.79 Å². The van der Waals surface area contributed by atoms with Crippen LogP contribution in [0.15, 0.2) is 12.1 Å². The third kappa shape index (κ3) is 4.68. The maximum atomic E-state index is 12.3. The third-order valence-electron chi connectivity index (χ3n) is 2.75. The quantitative estimate of drug-likeness (QED) is 0.724. The Bertz CT molecular complexity index is 457. The van der Waals surface area contributed by atoms with E-state index in [2.05, 4.69) is 27.9 Å². The first-order valence-electron chi connectivity index (χ1n) is 5.86. The number of carbonyl (C=O) groups excluding carboxylic acids is 1. The highest BCUT2D eigenvalue weighted by Gasteiger charge is 2.18. The maximum Gasteiger partial charge on any atom is 0.254 e. The normalized spacial score (nSPS) is 9.65. The second-order valence-electron chi connectivity index (χ2n) is 4.02. The molecule has 1 aromatic rings. The number of hydrogen-bond donors (Lipinski definition) is 1.